The lowest BCUT2D eigenvalue weighted by atomic mass is 10.1. The van der Waals surface area contributed by atoms with Gasteiger partial charge in [0.15, 0.2) is 5.82 Å². The van der Waals surface area contributed by atoms with Gasteiger partial charge in [-0.3, -0.25) is 24.3 Å². The normalized spacial score (nSPS) is 14.7. The second kappa shape index (κ2) is 11.5. The summed E-state index contributed by atoms with van der Waals surface area (Å²) in [5, 5.41) is 16.1. The molecule has 0 saturated carbocycles. The van der Waals surface area contributed by atoms with E-state index in [0.29, 0.717) is 22.8 Å². The number of pyridine rings is 1. The minimum atomic E-state index is -0.340. The summed E-state index contributed by atoms with van der Waals surface area (Å²) >= 11 is 0.910. The van der Waals surface area contributed by atoms with Crippen molar-refractivity contribution < 1.29 is 14.4 Å². The van der Waals surface area contributed by atoms with Crippen LogP contribution in [-0.4, -0.2) is 54.1 Å². The van der Waals surface area contributed by atoms with Gasteiger partial charge in [0.1, 0.15) is 0 Å². The van der Waals surface area contributed by atoms with Gasteiger partial charge in [-0.05, 0) is 83.4 Å². The Bertz CT molecular complexity index is 1210. The lowest BCUT2D eigenvalue weighted by Crippen LogP contribution is -2.29. The molecule has 180 valence electrons. The maximum Gasteiger partial charge on any atom is 0.293 e. The predicted molar refractivity (Wildman–Crippen MR) is 133 cm³/mol. The van der Waals surface area contributed by atoms with Crippen LogP contribution in [0.4, 0.5) is 10.5 Å². The number of aromatic nitrogens is 5. The number of aromatic amines is 1. The van der Waals surface area contributed by atoms with Crippen LogP contribution in [0, 0.1) is 0 Å². The number of unbranched alkanes of at least 4 members (excludes halogenated alkanes) is 1. The Balaban J connectivity index is 1.25. The van der Waals surface area contributed by atoms with Crippen molar-refractivity contribution in [2.24, 2.45) is 0 Å². The monoisotopic (exact) mass is 491 g/mol. The van der Waals surface area contributed by atoms with Crippen LogP contribution in [0.1, 0.15) is 43.9 Å². The molecule has 0 unspecified atom stereocenters. The summed E-state index contributed by atoms with van der Waals surface area (Å²) in [5.74, 6) is -0.00170. The second-order valence-electron chi connectivity index (χ2n) is 8.00. The minimum Gasteiger partial charge on any atom is -0.326 e. The van der Waals surface area contributed by atoms with Crippen LogP contribution < -0.4 is 5.32 Å². The predicted octanol–water partition coefficient (Wildman–Crippen LogP) is 4.06. The van der Waals surface area contributed by atoms with E-state index in [2.05, 4.69) is 37.8 Å². The van der Waals surface area contributed by atoms with Crippen LogP contribution in [0.5, 0.6) is 0 Å². The SMILES string of the molecule is CCCCc1ccc(/C=C2\SC(=O)N(CCCC(=O)Nc3ccc(-c4nnn[nH]4)cc3)C2=O)cn1. The number of tetrazole rings is 1. The van der Waals surface area contributed by atoms with Crippen molar-refractivity contribution in [3.8, 4) is 11.4 Å². The number of hydrogen-bond donors (Lipinski definition) is 2. The van der Waals surface area contributed by atoms with Crippen molar-refractivity contribution in [1.82, 2.24) is 30.5 Å². The molecule has 11 heteroatoms. The zero-order valence-corrected chi connectivity index (χ0v) is 20.0. The quantitative estimate of drug-likeness (QED) is 0.406. The van der Waals surface area contributed by atoms with Crippen LogP contribution in [0.3, 0.4) is 0 Å². The standard InChI is InChI=1S/C24H25N7O3S/c1-2-3-5-18-10-7-16(15-25-18)14-20-23(33)31(24(34)35-20)13-4-6-21(32)26-19-11-8-17(9-12-19)22-27-29-30-28-22/h7-12,14-15H,2-6,13H2,1H3,(H,26,32)(H,27,28,29,30)/b20-14-. The average molecular weight is 492 g/mol. The molecule has 1 aliphatic heterocycles. The third-order valence-electron chi connectivity index (χ3n) is 5.38. The molecule has 2 N–H and O–H groups in total. The van der Waals surface area contributed by atoms with E-state index in [1.54, 1.807) is 36.5 Å². The maximum absolute atomic E-state index is 12.7. The van der Waals surface area contributed by atoms with Crippen molar-refractivity contribution in [2.45, 2.75) is 39.0 Å². The number of hydrogen-bond acceptors (Lipinski definition) is 8. The van der Waals surface area contributed by atoms with E-state index >= 15 is 0 Å². The molecule has 1 saturated heterocycles. The summed E-state index contributed by atoms with van der Waals surface area (Å²) in [6.07, 6.45) is 7.06. The molecule has 3 heterocycles. The first kappa shape index (κ1) is 24.3. The van der Waals surface area contributed by atoms with Crippen molar-refractivity contribution in [1.29, 1.82) is 0 Å². The van der Waals surface area contributed by atoms with Crippen LogP contribution in [0.15, 0.2) is 47.5 Å². The van der Waals surface area contributed by atoms with E-state index < -0.39 is 0 Å². The number of anilines is 1. The fourth-order valence-corrected chi connectivity index (χ4v) is 4.35. The molecule has 0 aliphatic carbocycles. The Morgan fingerprint density at radius 2 is 1.97 bits per heavy atom. The molecule has 4 rings (SSSR count). The van der Waals surface area contributed by atoms with Crippen LogP contribution >= 0.6 is 11.8 Å². The Morgan fingerprint density at radius 3 is 2.66 bits per heavy atom. The number of carbonyl (C=O) groups is 3. The number of imide groups is 1. The molecule has 10 nitrogen and oxygen atoms in total. The first-order valence-corrected chi connectivity index (χ1v) is 12.2. The molecule has 0 bridgehead atoms. The van der Waals surface area contributed by atoms with E-state index in [-0.39, 0.29) is 30.0 Å². The number of carbonyl (C=O) groups excluding carboxylic acids is 3. The summed E-state index contributed by atoms with van der Waals surface area (Å²) in [6.45, 7) is 2.32. The number of nitrogens with one attached hydrogen (secondary N) is 2. The zero-order chi connectivity index (χ0) is 24.6. The van der Waals surface area contributed by atoms with E-state index in [4.69, 9.17) is 0 Å². The van der Waals surface area contributed by atoms with Gasteiger partial charge in [0, 0.05) is 36.1 Å². The highest BCUT2D eigenvalue weighted by Gasteiger charge is 2.34. The molecular formula is C24H25N7O3S. The van der Waals surface area contributed by atoms with E-state index in [1.807, 2.05) is 12.1 Å². The number of aryl methyl sites for hydroxylation is 1. The number of amides is 3. The average Bonchev–Trinajstić information content (AvgIpc) is 3.49. The van der Waals surface area contributed by atoms with E-state index in [1.165, 1.54) is 4.90 Å². The Kier molecular flexibility index (Phi) is 7.99. The lowest BCUT2D eigenvalue weighted by Gasteiger charge is -2.12. The summed E-state index contributed by atoms with van der Waals surface area (Å²) in [7, 11) is 0. The van der Waals surface area contributed by atoms with Crippen LogP contribution in [-0.2, 0) is 16.0 Å². The zero-order valence-electron chi connectivity index (χ0n) is 19.2. The number of nitrogens with zero attached hydrogens (tertiary/aromatic N) is 5. The topological polar surface area (TPSA) is 134 Å². The van der Waals surface area contributed by atoms with Crippen molar-refractivity contribution in [3.63, 3.8) is 0 Å². The van der Waals surface area contributed by atoms with Gasteiger partial charge >= 0.3 is 0 Å². The number of H-pyrrole nitrogens is 1. The van der Waals surface area contributed by atoms with E-state index in [9.17, 15) is 14.4 Å². The van der Waals surface area contributed by atoms with Gasteiger partial charge in [-0.25, -0.2) is 5.10 Å². The molecule has 35 heavy (non-hydrogen) atoms. The van der Waals surface area contributed by atoms with Gasteiger partial charge in [0.05, 0.1) is 4.91 Å². The van der Waals surface area contributed by atoms with Gasteiger partial charge in [-0.15, -0.1) is 5.10 Å². The third kappa shape index (κ3) is 6.38. The highest BCUT2D eigenvalue weighted by molar-refractivity contribution is 8.18. The van der Waals surface area contributed by atoms with Crippen molar-refractivity contribution >= 4 is 40.6 Å². The van der Waals surface area contributed by atoms with E-state index in [0.717, 1.165) is 47.8 Å². The molecule has 3 amide bonds. The fraction of sp³-hybridized carbons (Fsp3) is 0.292. The van der Waals surface area contributed by atoms with Gasteiger partial charge in [0.2, 0.25) is 5.91 Å². The third-order valence-corrected chi connectivity index (χ3v) is 6.29. The van der Waals surface area contributed by atoms with Gasteiger partial charge in [-0.2, -0.15) is 0 Å². The first-order chi connectivity index (χ1) is 17.0. The molecule has 1 aliphatic rings. The molecule has 1 fully saturated rings. The number of rotatable bonds is 10. The smallest absolute Gasteiger partial charge is 0.293 e. The van der Waals surface area contributed by atoms with Crippen molar-refractivity contribution in [2.75, 3.05) is 11.9 Å². The summed E-state index contributed by atoms with van der Waals surface area (Å²) in [4.78, 5) is 43.3. The lowest BCUT2D eigenvalue weighted by molar-refractivity contribution is -0.123. The maximum atomic E-state index is 12.7. The summed E-state index contributed by atoms with van der Waals surface area (Å²) < 4.78 is 0. The van der Waals surface area contributed by atoms with Crippen LogP contribution in [0.2, 0.25) is 0 Å². The first-order valence-electron chi connectivity index (χ1n) is 11.4. The Morgan fingerprint density at radius 1 is 1.14 bits per heavy atom. The van der Waals surface area contributed by atoms with Crippen molar-refractivity contribution in [3.05, 3.63) is 58.8 Å². The highest BCUT2D eigenvalue weighted by Crippen LogP contribution is 2.32. The second-order valence-corrected chi connectivity index (χ2v) is 8.99. The molecule has 2 aromatic heterocycles. The minimum absolute atomic E-state index is 0.178. The van der Waals surface area contributed by atoms with Gasteiger partial charge in [0.25, 0.3) is 11.1 Å². The number of benzene rings is 1. The van der Waals surface area contributed by atoms with Gasteiger partial charge in [-0.1, -0.05) is 19.4 Å². The Labute approximate surface area is 206 Å². The fourth-order valence-electron chi connectivity index (χ4n) is 3.49. The van der Waals surface area contributed by atoms with Crippen LogP contribution in [0.25, 0.3) is 17.5 Å². The molecule has 0 atom stereocenters. The number of thioether (sulfide) groups is 1. The largest absolute Gasteiger partial charge is 0.326 e. The summed E-state index contributed by atoms with van der Waals surface area (Å²) in [6, 6.07) is 10.9. The highest BCUT2D eigenvalue weighted by atomic mass is 32.2. The molecule has 3 aromatic rings. The molecular weight excluding hydrogens is 466 g/mol. The Hall–Kier alpha value is -3.86. The summed E-state index contributed by atoms with van der Waals surface area (Å²) in [5.41, 5.74) is 3.22. The van der Waals surface area contributed by atoms with Gasteiger partial charge < -0.3 is 5.32 Å². The molecule has 1 aromatic carbocycles. The molecule has 0 spiro atoms. The molecule has 0 radical (unpaired) electrons.